The number of halogens is 1. The standard InChI is InChI=1S/C17H19ClN4O2/c1-11-14(18)15(20-21(11)2)17(24)22-9-8-19-16(23)13(22)10-12-6-4-3-5-7-12/h3-7,13H,8-10H2,1-2H3,(H,19,23)/t13-/m1/s1. The molecule has 0 radical (unpaired) electrons. The monoisotopic (exact) mass is 346 g/mol. The van der Waals surface area contributed by atoms with E-state index in [-0.39, 0.29) is 17.5 Å². The first-order valence-corrected chi connectivity index (χ1v) is 8.18. The van der Waals surface area contributed by atoms with Gasteiger partial charge in [-0.15, -0.1) is 0 Å². The van der Waals surface area contributed by atoms with Crippen LogP contribution in [-0.4, -0.2) is 45.6 Å². The molecule has 0 saturated carbocycles. The zero-order chi connectivity index (χ0) is 17.3. The number of aromatic nitrogens is 2. The Kier molecular flexibility index (Phi) is 4.57. The smallest absolute Gasteiger partial charge is 0.276 e. The fraction of sp³-hybridized carbons (Fsp3) is 0.353. The fourth-order valence-corrected chi connectivity index (χ4v) is 3.09. The molecule has 1 N–H and O–H groups in total. The molecule has 1 aromatic heterocycles. The lowest BCUT2D eigenvalue weighted by Gasteiger charge is -2.34. The molecule has 2 amide bonds. The van der Waals surface area contributed by atoms with E-state index in [1.165, 1.54) is 0 Å². The predicted molar refractivity (Wildman–Crippen MR) is 90.9 cm³/mol. The maximum absolute atomic E-state index is 12.9. The van der Waals surface area contributed by atoms with Crippen LogP contribution in [0.15, 0.2) is 30.3 Å². The molecule has 6 nitrogen and oxygen atoms in total. The number of piperazine rings is 1. The summed E-state index contributed by atoms with van der Waals surface area (Å²) < 4.78 is 1.58. The zero-order valence-electron chi connectivity index (χ0n) is 13.6. The Morgan fingerprint density at radius 1 is 1.38 bits per heavy atom. The number of nitrogens with one attached hydrogen (secondary N) is 1. The van der Waals surface area contributed by atoms with E-state index >= 15 is 0 Å². The van der Waals surface area contributed by atoms with Crippen molar-refractivity contribution in [1.82, 2.24) is 20.0 Å². The van der Waals surface area contributed by atoms with Crippen molar-refractivity contribution in [3.8, 4) is 0 Å². The van der Waals surface area contributed by atoms with Crippen LogP contribution in [0.25, 0.3) is 0 Å². The Labute approximate surface area is 145 Å². The molecule has 1 saturated heterocycles. The molecule has 0 spiro atoms. The number of carbonyl (C=O) groups is 2. The van der Waals surface area contributed by atoms with Crippen LogP contribution in [0.5, 0.6) is 0 Å². The van der Waals surface area contributed by atoms with Gasteiger partial charge in [0.2, 0.25) is 5.91 Å². The largest absolute Gasteiger partial charge is 0.353 e. The molecule has 126 valence electrons. The first kappa shape index (κ1) is 16.5. The number of hydrogen-bond donors (Lipinski definition) is 1. The second-order valence-corrected chi connectivity index (χ2v) is 6.24. The van der Waals surface area contributed by atoms with Crippen LogP contribution in [0.2, 0.25) is 5.02 Å². The lowest BCUT2D eigenvalue weighted by molar-refractivity contribution is -0.127. The molecule has 1 aliphatic rings. The molecule has 24 heavy (non-hydrogen) atoms. The van der Waals surface area contributed by atoms with Crippen molar-refractivity contribution >= 4 is 23.4 Å². The number of rotatable bonds is 3. The number of carbonyl (C=O) groups excluding carboxylic acids is 2. The van der Waals surface area contributed by atoms with E-state index in [1.807, 2.05) is 30.3 Å². The van der Waals surface area contributed by atoms with Gasteiger partial charge >= 0.3 is 0 Å². The van der Waals surface area contributed by atoms with Crippen LogP contribution in [0.1, 0.15) is 21.7 Å². The van der Waals surface area contributed by atoms with Crippen molar-refractivity contribution in [2.75, 3.05) is 13.1 Å². The van der Waals surface area contributed by atoms with Crippen molar-refractivity contribution in [2.45, 2.75) is 19.4 Å². The number of nitrogens with zero attached hydrogens (tertiary/aromatic N) is 3. The van der Waals surface area contributed by atoms with E-state index in [2.05, 4.69) is 10.4 Å². The summed E-state index contributed by atoms with van der Waals surface area (Å²) in [6, 6.07) is 9.09. The number of amides is 2. The highest BCUT2D eigenvalue weighted by Gasteiger charge is 2.35. The van der Waals surface area contributed by atoms with Gasteiger partial charge in [0.15, 0.2) is 5.69 Å². The number of aryl methyl sites for hydroxylation is 1. The second-order valence-electron chi connectivity index (χ2n) is 5.87. The average molecular weight is 347 g/mol. The minimum atomic E-state index is -0.563. The van der Waals surface area contributed by atoms with E-state index in [4.69, 9.17) is 11.6 Å². The highest BCUT2D eigenvalue weighted by Crippen LogP contribution is 2.23. The topological polar surface area (TPSA) is 67.2 Å². The number of hydrogen-bond acceptors (Lipinski definition) is 3. The van der Waals surface area contributed by atoms with Crippen LogP contribution in [0.3, 0.4) is 0 Å². The lowest BCUT2D eigenvalue weighted by atomic mass is 10.0. The highest BCUT2D eigenvalue weighted by atomic mass is 35.5. The normalized spacial score (nSPS) is 17.7. The van der Waals surface area contributed by atoms with Crippen LogP contribution < -0.4 is 5.32 Å². The van der Waals surface area contributed by atoms with Crippen molar-refractivity contribution in [3.63, 3.8) is 0 Å². The molecule has 1 fully saturated rings. The van der Waals surface area contributed by atoms with Gasteiger partial charge < -0.3 is 10.2 Å². The first-order chi connectivity index (χ1) is 11.5. The van der Waals surface area contributed by atoms with Crippen LogP contribution >= 0.6 is 11.6 Å². The third-order valence-electron chi connectivity index (χ3n) is 4.33. The molecule has 0 unspecified atom stereocenters. The van der Waals surface area contributed by atoms with Gasteiger partial charge in [-0.25, -0.2) is 0 Å². The molecule has 2 heterocycles. The molecular weight excluding hydrogens is 328 g/mol. The van der Waals surface area contributed by atoms with Gasteiger partial charge in [0.1, 0.15) is 6.04 Å². The van der Waals surface area contributed by atoms with Crippen molar-refractivity contribution in [3.05, 3.63) is 52.3 Å². The molecule has 1 aromatic carbocycles. The highest BCUT2D eigenvalue weighted by molar-refractivity contribution is 6.34. The van der Waals surface area contributed by atoms with E-state index < -0.39 is 6.04 Å². The molecular formula is C17H19ClN4O2. The Balaban J connectivity index is 1.89. The Morgan fingerprint density at radius 3 is 2.71 bits per heavy atom. The minimum absolute atomic E-state index is 0.151. The molecule has 7 heteroatoms. The average Bonchev–Trinajstić information content (AvgIpc) is 2.84. The zero-order valence-corrected chi connectivity index (χ0v) is 14.4. The van der Waals surface area contributed by atoms with Crippen LogP contribution in [-0.2, 0) is 18.3 Å². The quantitative estimate of drug-likeness (QED) is 0.917. The van der Waals surface area contributed by atoms with Gasteiger partial charge in [-0.1, -0.05) is 41.9 Å². The summed E-state index contributed by atoms with van der Waals surface area (Å²) >= 11 is 6.24. The lowest BCUT2D eigenvalue weighted by Crippen LogP contribution is -2.58. The van der Waals surface area contributed by atoms with Crippen molar-refractivity contribution in [2.24, 2.45) is 7.05 Å². The summed E-state index contributed by atoms with van der Waals surface area (Å²) in [5, 5.41) is 7.38. The van der Waals surface area contributed by atoms with Gasteiger partial charge in [-0.05, 0) is 12.5 Å². The van der Waals surface area contributed by atoms with Gasteiger partial charge in [-0.2, -0.15) is 5.10 Å². The van der Waals surface area contributed by atoms with E-state index in [0.717, 1.165) is 11.3 Å². The van der Waals surface area contributed by atoms with Crippen molar-refractivity contribution < 1.29 is 9.59 Å². The molecule has 0 aliphatic carbocycles. The Hall–Kier alpha value is -2.34. The van der Waals surface area contributed by atoms with Gasteiger partial charge in [0.25, 0.3) is 5.91 Å². The molecule has 1 atom stereocenters. The third kappa shape index (κ3) is 3.01. The fourth-order valence-electron chi connectivity index (χ4n) is 2.85. The summed E-state index contributed by atoms with van der Waals surface area (Å²) in [5.41, 5.74) is 1.92. The summed E-state index contributed by atoms with van der Waals surface area (Å²) in [4.78, 5) is 26.8. The van der Waals surface area contributed by atoms with Crippen LogP contribution in [0.4, 0.5) is 0 Å². The number of benzene rings is 1. The SMILES string of the molecule is Cc1c(Cl)c(C(=O)N2CCNC(=O)[C@H]2Cc2ccccc2)nn1C. The van der Waals surface area contributed by atoms with Crippen molar-refractivity contribution in [1.29, 1.82) is 0 Å². The summed E-state index contributed by atoms with van der Waals surface area (Å²) in [7, 11) is 1.74. The first-order valence-electron chi connectivity index (χ1n) is 7.80. The Bertz CT molecular complexity index is 772. The molecule has 2 aromatic rings. The summed E-state index contributed by atoms with van der Waals surface area (Å²) in [6.07, 6.45) is 0.460. The third-order valence-corrected chi connectivity index (χ3v) is 4.78. The van der Waals surface area contributed by atoms with Crippen LogP contribution in [0, 0.1) is 6.92 Å². The molecule has 3 rings (SSSR count). The van der Waals surface area contributed by atoms with E-state index in [9.17, 15) is 9.59 Å². The van der Waals surface area contributed by atoms with Gasteiger partial charge in [0, 0.05) is 26.6 Å². The van der Waals surface area contributed by atoms with E-state index in [0.29, 0.717) is 24.5 Å². The molecule has 1 aliphatic heterocycles. The van der Waals surface area contributed by atoms with E-state index in [1.54, 1.807) is 23.6 Å². The summed E-state index contributed by atoms with van der Waals surface area (Å²) in [5.74, 6) is -0.457. The molecule has 0 bridgehead atoms. The maximum Gasteiger partial charge on any atom is 0.276 e. The maximum atomic E-state index is 12.9. The summed E-state index contributed by atoms with van der Waals surface area (Å²) in [6.45, 7) is 2.67. The predicted octanol–water partition coefficient (Wildman–Crippen LogP) is 1.57. The second kappa shape index (κ2) is 6.65. The van der Waals surface area contributed by atoms with Gasteiger partial charge in [0.05, 0.1) is 10.7 Å². The Morgan fingerprint density at radius 2 is 2.08 bits per heavy atom. The minimum Gasteiger partial charge on any atom is -0.353 e. The van der Waals surface area contributed by atoms with Gasteiger partial charge in [-0.3, -0.25) is 14.3 Å².